The van der Waals surface area contributed by atoms with Crippen LogP contribution in [0, 0.1) is 0 Å². The van der Waals surface area contributed by atoms with Crippen molar-refractivity contribution in [1.82, 2.24) is 4.98 Å². The number of carbonyl (C=O) groups is 1. The predicted molar refractivity (Wildman–Crippen MR) is 67.9 cm³/mol. The minimum atomic E-state index is 0.0728. The first-order chi connectivity index (χ1) is 8.65. The highest BCUT2D eigenvalue weighted by Gasteiger charge is 2.20. The van der Waals surface area contributed by atoms with Gasteiger partial charge in [-0.25, -0.2) is 0 Å². The lowest BCUT2D eigenvalue weighted by Crippen LogP contribution is -2.13. The van der Waals surface area contributed by atoms with Crippen molar-refractivity contribution in [3.63, 3.8) is 0 Å². The van der Waals surface area contributed by atoms with Crippen LogP contribution in [0.3, 0.4) is 0 Å². The van der Waals surface area contributed by atoms with Crippen molar-refractivity contribution >= 4 is 5.78 Å². The Bertz CT molecular complexity index is 411. The molecule has 1 aliphatic heterocycles. The van der Waals surface area contributed by atoms with E-state index in [1.54, 1.807) is 18.5 Å². The van der Waals surface area contributed by atoms with Crippen LogP contribution in [0.4, 0.5) is 0 Å². The second-order valence-electron chi connectivity index (χ2n) is 4.84. The number of carbonyl (C=O) groups excluding carboxylic acids is 1. The molecular formula is C14H19NO3. The summed E-state index contributed by atoms with van der Waals surface area (Å²) in [5, 5.41) is 0. The SMILES string of the molecule is CC(C)Oc1cncc(C(=O)CC2CCCO2)c1. The van der Waals surface area contributed by atoms with Gasteiger partial charge in [-0.3, -0.25) is 9.78 Å². The maximum absolute atomic E-state index is 12.1. The second kappa shape index (κ2) is 5.96. The molecule has 0 N–H and O–H groups in total. The molecule has 0 bridgehead atoms. The molecule has 1 saturated heterocycles. The van der Waals surface area contributed by atoms with Gasteiger partial charge in [-0.1, -0.05) is 0 Å². The Morgan fingerprint density at radius 1 is 1.56 bits per heavy atom. The molecule has 0 aliphatic carbocycles. The number of hydrogen-bond donors (Lipinski definition) is 0. The van der Waals surface area contributed by atoms with E-state index in [0.717, 1.165) is 19.4 Å². The molecular weight excluding hydrogens is 230 g/mol. The fourth-order valence-corrected chi connectivity index (χ4v) is 2.04. The summed E-state index contributed by atoms with van der Waals surface area (Å²) < 4.78 is 11.0. The van der Waals surface area contributed by atoms with Gasteiger partial charge >= 0.3 is 0 Å². The van der Waals surface area contributed by atoms with Crippen molar-refractivity contribution in [2.45, 2.75) is 45.3 Å². The minimum Gasteiger partial charge on any atom is -0.489 e. The summed E-state index contributed by atoms with van der Waals surface area (Å²) in [6.45, 7) is 4.66. The van der Waals surface area contributed by atoms with Gasteiger partial charge in [-0.05, 0) is 32.8 Å². The zero-order chi connectivity index (χ0) is 13.0. The number of Topliss-reactive ketones (excluding diaryl/α,β-unsaturated/α-hetero) is 1. The molecule has 4 heteroatoms. The van der Waals surface area contributed by atoms with Crippen molar-refractivity contribution in [3.8, 4) is 5.75 Å². The first-order valence-corrected chi connectivity index (χ1v) is 6.41. The molecule has 1 aromatic heterocycles. The van der Waals surface area contributed by atoms with Crippen LogP contribution in [0.1, 0.15) is 43.5 Å². The van der Waals surface area contributed by atoms with Gasteiger partial charge in [0.1, 0.15) is 5.75 Å². The summed E-state index contributed by atoms with van der Waals surface area (Å²) in [5.74, 6) is 0.715. The normalized spacial score (nSPS) is 19.2. The summed E-state index contributed by atoms with van der Waals surface area (Å²) in [6.07, 6.45) is 5.83. The summed E-state index contributed by atoms with van der Waals surface area (Å²) >= 11 is 0. The third-order valence-corrected chi connectivity index (χ3v) is 2.84. The predicted octanol–water partition coefficient (Wildman–Crippen LogP) is 2.62. The van der Waals surface area contributed by atoms with E-state index in [-0.39, 0.29) is 18.0 Å². The van der Waals surface area contributed by atoms with Crippen molar-refractivity contribution in [2.24, 2.45) is 0 Å². The summed E-state index contributed by atoms with van der Waals surface area (Å²) in [6, 6.07) is 1.75. The summed E-state index contributed by atoms with van der Waals surface area (Å²) in [5.41, 5.74) is 0.601. The Balaban J connectivity index is 2.00. The summed E-state index contributed by atoms with van der Waals surface area (Å²) in [4.78, 5) is 16.1. The number of rotatable bonds is 5. The van der Waals surface area contributed by atoms with E-state index >= 15 is 0 Å². The lowest BCUT2D eigenvalue weighted by molar-refractivity contribution is 0.0774. The van der Waals surface area contributed by atoms with E-state index < -0.39 is 0 Å². The number of nitrogens with zero attached hydrogens (tertiary/aromatic N) is 1. The molecule has 1 aromatic rings. The van der Waals surface area contributed by atoms with Crippen molar-refractivity contribution in [1.29, 1.82) is 0 Å². The molecule has 1 atom stereocenters. The molecule has 1 fully saturated rings. The Morgan fingerprint density at radius 2 is 2.39 bits per heavy atom. The van der Waals surface area contributed by atoms with Gasteiger partial charge in [0, 0.05) is 24.8 Å². The molecule has 0 saturated carbocycles. The van der Waals surface area contributed by atoms with Gasteiger partial charge in [-0.2, -0.15) is 0 Å². The first-order valence-electron chi connectivity index (χ1n) is 6.41. The van der Waals surface area contributed by atoms with E-state index in [1.165, 1.54) is 0 Å². The molecule has 1 aliphatic rings. The van der Waals surface area contributed by atoms with Crippen LogP contribution in [-0.4, -0.2) is 29.6 Å². The third-order valence-electron chi connectivity index (χ3n) is 2.84. The van der Waals surface area contributed by atoms with Crippen LogP contribution in [0.5, 0.6) is 5.75 Å². The van der Waals surface area contributed by atoms with Crippen LogP contribution < -0.4 is 4.74 Å². The van der Waals surface area contributed by atoms with Gasteiger partial charge in [0.2, 0.25) is 0 Å². The fourth-order valence-electron chi connectivity index (χ4n) is 2.04. The molecule has 1 unspecified atom stereocenters. The number of pyridine rings is 1. The van der Waals surface area contributed by atoms with E-state index in [2.05, 4.69) is 4.98 Å². The van der Waals surface area contributed by atoms with Crippen molar-refractivity contribution in [3.05, 3.63) is 24.0 Å². The minimum absolute atomic E-state index is 0.0728. The van der Waals surface area contributed by atoms with Gasteiger partial charge in [0.25, 0.3) is 0 Å². The Labute approximate surface area is 107 Å². The van der Waals surface area contributed by atoms with Crippen LogP contribution in [0.2, 0.25) is 0 Å². The quantitative estimate of drug-likeness (QED) is 0.753. The maximum Gasteiger partial charge on any atom is 0.167 e. The molecule has 2 rings (SSSR count). The average Bonchev–Trinajstić information content (AvgIpc) is 2.81. The summed E-state index contributed by atoms with van der Waals surface area (Å²) in [7, 11) is 0. The molecule has 98 valence electrons. The molecule has 0 spiro atoms. The molecule has 0 amide bonds. The molecule has 0 aromatic carbocycles. The Kier molecular flexibility index (Phi) is 4.31. The van der Waals surface area contributed by atoms with Gasteiger partial charge < -0.3 is 9.47 Å². The van der Waals surface area contributed by atoms with Crippen LogP contribution >= 0.6 is 0 Å². The molecule has 18 heavy (non-hydrogen) atoms. The van der Waals surface area contributed by atoms with E-state index in [0.29, 0.717) is 17.7 Å². The highest BCUT2D eigenvalue weighted by atomic mass is 16.5. The zero-order valence-corrected chi connectivity index (χ0v) is 10.9. The highest BCUT2D eigenvalue weighted by molar-refractivity contribution is 5.96. The Morgan fingerprint density at radius 3 is 3.06 bits per heavy atom. The highest BCUT2D eigenvalue weighted by Crippen LogP contribution is 2.19. The van der Waals surface area contributed by atoms with Crippen molar-refractivity contribution in [2.75, 3.05) is 6.61 Å². The Hall–Kier alpha value is -1.42. The number of ketones is 1. The standard InChI is InChI=1S/C14H19NO3/c1-10(2)18-13-6-11(8-15-9-13)14(16)7-12-4-3-5-17-12/h6,8-10,12H,3-5,7H2,1-2H3. The van der Waals surface area contributed by atoms with Gasteiger partial charge in [0.15, 0.2) is 5.78 Å². The largest absolute Gasteiger partial charge is 0.489 e. The van der Waals surface area contributed by atoms with E-state index in [4.69, 9.17) is 9.47 Å². The fraction of sp³-hybridized carbons (Fsp3) is 0.571. The number of ether oxygens (including phenoxy) is 2. The average molecular weight is 249 g/mol. The van der Waals surface area contributed by atoms with Gasteiger partial charge in [-0.15, -0.1) is 0 Å². The van der Waals surface area contributed by atoms with Crippen LogP contribution in [-0.2, 0) is 4.74 Å². The lowest BCUT2D eigenvalue weighted by Gasteiger charge is -2.11. The third kappa shape index (κ3) is 3.53. The van der Waals surface area contributed by atoms with Crippen LogP contribution in [0.25, 0.3) is 0 Å². The first kappa shape index (κ1) is 13.0. The topological polar surface area (TPSA) is 48.4 Å². The zero-order valence-electron chi connectivity index (χ0n) is 10.9. The van der Waals surface area contributed by atoms with Gasteiger partial charge in [0.05, 0.1) is 18.4 Å². The van der Waals surface area contributed by atoms with E-state index in [9.17, 15) is 4.79 Å². The molecule has 2 heterocycles. The monoisotopic (exact) mass is 249 g/mol. The number of aromatic nitrogens is 1. The van der Waals surface area contributed by atoms with Crippen molar-refractivity contribution < 1.29 is 14.3 Å². The number of hydrogen-bond acceptors (Lipinski definition) is 4. The molecule has 4 nitrogen and oxygen atoms in total. The molecule has 0 radical (unpaired) electrons. The maximum atomic E-state index is 12.1. The lowest BCUT2D eigenvalue weighted by atomic mass is 10.1. The second-order valence-corrected chi connectivity index (χ2v) is 4.84. The van der Waals surface area contributed by atoms with E-state index in [1.807, 2.05) is 13.8 Å². The van der Waals surface area contributed by atoms with Crippen LogP contribution in [0.15, 0.2) is 18.5 Å². The smallest absolute Gasteiger partial charge is 0.167 e.